The van der Waals surface area contributed by atoms with E-state index in [0.29, 0.717) is 15.8 Å². The number of hydrogen-bond acceptors (Lipinski definition) is 2. The minimum atomic E-state index is 0.640. The third kappa shape index (κ3) is 3.47. The minimum Gasteiger partial charge on any atom is -0.282 e. The van der Waals surface area contributed by atoms with E-state index in [9.17, 15) is 0 Å². The third-order valence-electron chi connectivity index (χ3n) is 5.07. The first kappa shape index (κ1) is 18.9. The van der Waals surface area contributed by atoms with Gasteiger partial charge in [-0.15, -0.1) is 0 Å². The van der Waals surface area contributed by atoms with E-state index in [2.05, 4.69) is 42.4 Å². The van der Waals surface area contributed by atoms with Crippen LogP contribution in [0.25, 0.3) is 39.4 Å². The minimum absolute atomic E-state index is 0.640. The van der Waals surface area contributed by atoms with Gasteiger partial charge in [0.15, 0.2) is 0 Å². The van der Waals surface area contributed by atoms with Crippen LogP contribution in [0.3, 0.4) is 0 Å². The Labute approximate surface area is 184 Å². The van der Waals surface area contributed by atoms with Crippen LogP contribution in [0.2, 0.25) is 10.0 Å². The van der Waals surface area contributed by atoms with Crippen molar-refractivity contribution < 1.29 is 0 Å². The number of fused-ring (bicyclic) bond motifs is 1. The van der Waals surface area contributed by atoms with Gasteiger partial charge in [0.2, 0.25) is 5.78 Å². The topological polar surface area (TPSA) is 30.2 Å². The summed E-state index contributed by atoms with van der Waals surface area (Å²) in [4.78, 5) is 9.49. The van der Waals surface area contributed by atoms with Crippen molar-refractivity contribution in [1.29, 1.82) is 0 Å². The van der Waals surface area contributed by atoms with Gasteiger partial charge in [-0.2, -0.15) is 0 Å². The van der Waals surface area contributed by atoms with Gasteiger partial charge in [-0.1, -0.05) is 77.3 Å². The smallest absolute Gasteiger partial charge is 0.234 e. The van der Waals surface area contributed by atoms with Crippen LogP contribution in [-0.4, -0.2) is 14.4 Å². The first-order valence-electron chi connectivity index (χ1n) is 9.55. The second kappa shape index (κ2) is 7.60. The van der Waals surface area contributed by atoms with Gasteiger partial charge in [0.25, 0.3) is 0 Å². The van der Waals surface area contributed by atoms with Crippen LogP contribution >= 0.6 is 23.2 Å². The highest BCUT2D eigenvalue weighted by Crippen LogP contribution is 2.34. The quantitative estimate of drug-likeness (QED) is 0.300. The van der Waals surface area contributed by atoms with E-state index in [4.69, 9.17) is 28.2 Å². The summed E-state index contributed by atoms with van der Waals surface area (Å²) in [5, 5.41) is 1.38. The molecule has 0 N–H and O–H groups in total. The van der Waals surface area contributed by atoms with Crippen molar-refractivity contribution in [3.8, 4) is 33.6 Å². The molecule has 5 rings (SSSR count). The van der Waals surface area contributed by atoms with Gasteiger partial charge < -0.3 is 0 Å². The number of aryl methyl sites for hydroxylation is 1. The molecule has 3 aromatic carbocycles. The first-order chi connectivity index (χ1) is 14.6. The molecular weight excluding hydrogens is 413 g/mol. The Balaban J connectivity index is 1.78. The summed E-state index contributed by atoms with van der Waals surface area (Å²) in [6.45, 7) is 2.09. The maximum Gasteiger partial charge on any atom is 0.234 e. The molecule has 30 heavy (non-hydrogen) atoms. The molecule has 0 aliphatic carbocycles. The van der Waals surface area contributed by atoms with E-state index in [1.54, 1.807) is 0 Å². The average Bonchev–Trinajstić information content (AvgIpc) is 3.13. The van der Waals surface area contributed by atoms with Crippen LogP contribution in [0.1, 0.15) is 5.56 Å². The molecule has 0 atom stereocenters. The SMILES string of the molecule is Cc1cccc(-c2cnc3nc(-c4ccc(Cl)cc4)c(-c4ccc(Cl)cc4)n3c2)c1. The molecule has 0 bridgehead atoms. The van der Waals surface area contributed by atoms with Crippen molar-refractivity contribution in [2.45, 2.75) is 6.92 Å². The van der Waals surface area contributed by atoms with Crippen molar-refractivity contribution in [3.05, 3.63) is 101 Å². The van der Waals surface area contributed by atoms with Crippen molar-refractivity contribution in [2.75, 3.05) is 0 Å². The summed E-state index contributed by atoms with van der Waals surface area (Å²) < 4.78 is 2.05. The summed E-state index contributed by atoms with van der Waals surface area (Å²) >= 11 is 12.2. The van der Waals surface area contributed by atoms with Gasteiger partial charge in [-0.05, 0) is 36.8 Å². The zero-order chi connectivity index (χ0) is 20.7. The Hall–Kier alpha value is -3.14. The van der Waals surface area contributed by atoms with Crippen molar-refractivity contribution in [1.82, 2.24) is 14.4 Å². The molecule has 0 spiro atoms. The molecule has 0 saturated carbocycles. The van der Waals surface area contributed by atoms with Gasteiger partial charge in [0.1, 0.15) is 0 Å². The number of imidazole rings is 1. The molecule has 0 aliphatic rings. The molecule has 0 radical (unpaired) electrons. The van der Waals surface area contributed by atoms with Gasteiger partial charge in [0, 0.05) is 39.1 Å². The molecule has 0 saturated heterocycles. The normalized spacial score (nSPS) is 11.2. The standard InChI is InChI=1S/C25H17Cl2N3/c1-16-3-2-4-19(13-16)20-14-28-25-29-23(17-5-9-21(26)10-6-17)24(30(25)15-20)18-7-11-22(27)12-8-18/h2-15H,1H3. The fraction of sp³-hybridized carbons (Fsp3) is 0.0400. The fourth-order valence-corrected chi connectivity index (χ4v) is 3.85. The number of benzene rings is 3. The van der Waals surface area contributed by atoms with Crippen molar-refractivity contribution in [3.63, 3.8) is 0 Å². The van der Waals surface area contributed by atoms with E-state index >= 15 is 0 Å². The van der Waals surface area contributed by atoms with E-state index in [0.717, 1.165) is 33.6 Å². The predicted octanol–water partition coefficient (Wildman–Crippen LogP) is 7.35. The molecule has 5 aromatic rings. The van der Waals surface area contributed by atoms with E-state index in [-0.39, 0.29) is 0 Å². The lowest BCUT2D eigenvalue weighted by molar-refractivity contribution is 1.11. The molecule has 5 heteroatoms. The van der Waals surface area contributed by atoms with Crippen LogP contribution in [0.5, 0.6) is 0 Å². The van der Waals surface area contributed by atoms with Crippen LogP contribution < -0.4 is 0 Å². The predicted molar refractivity (Wildman–Crippen MR) is 124 cm³/mol. The second-order valence-corrected chi connectivity index (χ2v) is 8.08. The number of hydrogen-bond donors (Lipinski definition) is 0. The van der Waals surface area contributed by atoms with Crippen LogP contribution in [-0.2, 0) is 0 Å². The maximum absolute atomic E-state index is 6.14. The van der Waals surface area contributed by atoms with E-state index in [1.807, 2.05) is 59.1 Å². The van der Waals surface area contributed by atoms with Crippen LogP contribution in [0.15, 0.2) is 85.2 Å². The molecule has 2 heterocycles. The van der Waals surface area contributed by atoms with Gasteiger partial charge in [-0.3, -0.25) is 4.40 Å². The molecule has 2 aromatic heterocycles. The lowest BCUT2D eigenvalue weighted by Gasteiger charge is -2.08. The summed E-state index contributed by atoms with van der Waals surface area (Å²) in [7, 11) is 0. The van der Waals surface area contributed by atoms with Crippen LogP contribution in [0.4, 0.5) is 0 Å². The lowest BCUT2D eigenvalue weighted by Crippen LogP contribution is -1.93. The van der Waals surface area contributed by atoms with Gasteiger partial charge in [-0.25, -0.2) is 9.97 Å². The second-order valence-electron chi connectivity index (χ2n) is 7.20. The zero-order valence-electron chi connectivity index (χ0n) is 16.2. The number of aromatic nitrogens is 3. The molecule has 0 fully saturated rings. The molecule has 0 aliphatic heterocycles. The Kier molecular flexibility index (Phi) is 4.78. The largest absolute Gasteiger partial charge is 0.282 e. The fourth-order valence-electron chi connectivity index (χ4n) is 3.60. The first-order valence-corrected chi connectivity index (χ1v) is 10.3. The summed E-state index contributed by atoms with van der Waals surface area (Å²) in [6.07, 6.45) is 3.96. The Morgan fingerprint density at radius 3 is 2.07 bits per heavy atom. The van der Waals surface area contributed by atoms with Crippen molar-refractivity contribution >= 4 is 29.0 Å². The zero-order valence-corrected chi connectivity index (χ0v) is 17.7. The lowest BCUT2D eigenvalue weighted by atomic mass is 10.0. The Morgan fingerprint density at radius 2 is 1.40 bits per heavy atom. The molecule has 0 unspecified atom stereocenters. The maximum atomic E-state index is 6.14. The molecule has 3 nitrogen and oxygen atoms in total. The molecule has 0 amide bonds. The summed E-state index contributed by atoms with van der Waals surface area (Å²) in [5.74, 6) is 0.640. The number of nitrogens with zero attached hydrogens (tertiary/aromatic N) is 3. The molecule has 146 valence electrons. The Bertz CT molecular complexity index is 1350. The van der Waals surface area contributed by atoms with Gasteiger partial charge in [0.05, 0.1) is 11.4 Å². The summed E-state index contributed by atoms with van der Waals surface area (Å²) in [6, 6.07) is 23.9. The highest BCUT2D eigenvalue weighted by atomic mass is 35.5. The monoisotopic (exact) mass is 429 g/mol. The van der Waals surface area contributed by atoms with E-state index < -0.39 is 0 Å². The van der Waals surface area contributed by atoms with Crippen molar-refractivity contribution in [2.24, 2.45) is 0 Å². The van der Waals surface area contributed by atoms with Gasteiger partial charge >= 0.3 is 0 Å². The number of halogens is 2. The van der Waals surface area contributed by atoms with E-state index in [1.165, 1.54) is 5.56 Å². The number of rotatable bonds is 3. The summed E-state index contributed by atoms with van der Waals surface area (Å²) in [5.41, 5.74) is 7.16. The van der Waals surface area contributed by atoms with Crippen LogP contribution in [0, 0.1) is 6.92 Å². The molecular formula is C25H17Cl2N3. The average molecular weight is 430 g/mol. The Morgan fingerprint density at radius 1 is 0.733 bits per heavy atom. The highest BCUT2D eigenvalue weighted by molar-refractivity contribution is 6.31. The highest BCUT2D eigenvalue weighted by Gasteiger charge is 2.17. The third-order valence-corrected chi connectivity index (χ3v) is 5.57.